The fourth-order valence-electron chi connectivity index (χ4n) is 1.59. The summed E-state index contributed by atoms with van der Waals surface area (Å²) in [5.74, 6) is 0. The van der Waals surface area contributed by atoms with E-state index in [4.69, 9.17) is 0 Å². The quantitative estimate of drug-likeness (QED) is 0.742. The lowest BCUT2D eigenvalue weighted by Gasteiger charge is -2.07. The molecule has 4 nitrogen and oxygen atoms in total. The second-order valence-electron chi connectivity index (χ2n) is 4.35. The van der Waals surface area contributed by atoms with Crippen LogP contribution in [0.1, 0.15) is 24.6 Å². The van der Waals surface area contributed by atoms with Gasteiger partial charge in [0, 0.05) is 18.3 Å². The van der Waals surface area contributed by atoms with Crippen LogP contribution >= 0.6 is 0 Å². The highest BCUT2D eigenvalue weighted by atomic mass is 19.4. The normalized spacial score (nSPS) is 12.1. The first-order chi connectivity index (χ1) is 8.92. The minimum atomic E-state index is -4.27. The third-order valence-corrected chi connectivity index (χ3v) is 2.52. The summed E-state index contributed by atoms with van der Waals surface area (Å²) in [5, 5.41) is 7.50. The van der Waals surface area contributed by atoms with Crippen LogP contribution in [0.2, 0.25) is 0 Å². The Morgan fingerprint density at radius 2 is 2.16 bits per heavy atom. The highest BCUT2D eigenvalue weighted by molar-refractivity contribution is 5.14. The zero-order valence-electron chi connectivity index (χ0n) is 11.3. The Morgan fingerprint density at radius 3 is 2.79 bits per heavy atom. The molecule has 0 spiro atoms. The second kappa shape index (κ2) is 7.49. The zero-order valence-corrected chi connectivity index (χ0v) is 11.3. The van der Waals surface area contributed by atoms with E-state index in [1.165, 1.54) is 0 Å². The number of rotatable bonds is 8. The van der Waals surface area contributed by atoms with Crippen molar-refractivity contribution in [2.24, 2.45) is 0 Å². The van der Waals surface area contributed by atoms with Gasteiger partial charge >= 0.3 is 6.18 Å². The van der Waals surface area contributed by atoms with E-state index < -0.39 is 12.8 Å². The summed E-state index contributed by atoms with van der Waals surface area (Å²) in [6.45, 7) is 4.74. The van der Waals surface area contributed by atoms with Gasteiger partial charge in [-0.1, -0.05) is 6.92 Å². The molecular formula is C12H20F3N3O. The summed E-state index contributed by atoms with van der Waals surface area (Å²) < 4.78 is 41.8. The van der Waals surface area contributed by atoms with Crippen LogP contribution in [0.15, 0.2) is 6.20 Å². The van der Waals surface area contributed by atoms with E-state index >= 15 is 0 Å². The van der Waals surface area contributed by atoms with E-state index in [0.717, 1.165) is 30.8 Å². The molecule has 0 radical (unpaired) electrons. The molecule has 1 aromatic heterocycles. The van der Waals surface area contributed by atoms with Crippen LogP contribution < -0.4 is 5.32 Å². The van der Waals surface area contributed by atoms with Crippen molar-refractivity contribution in [1.29, 1.82) is 0 Å². The SMILES string of the molecule is CCCNCc1cn(CCOCC(F)(F)F)nc1C. The van der Waals surface area contributed by atoms with Crippen molar-refractivity contribution in [1.82, 2.24) is 15.1 Å². The molecule has 0 bridgehead atoms. The van der Waals surface area contributed by atoms with Gasteiger partial charge in [-0.05, 0) is 19.9 Å². The molecule has 1 aromatic rings. The molecule has 0 fully saturated rings. The van der Waals surface area contributed by atoms with Crippen molar-refractivity contribution in [2.45, 2.75) is 39.5 Å². The van der Waals surface area contributed by atoms with Crippen molar-refractivity contribution >= 4 is 0 Å². The molecule has 110 valence electrons. The molecule has 19 heavy (non-hydrogen) atoms. The molecule has 0 aliphatic carbocycles. The molecular weight excluding hydrogens is 259 g/mol. The van der Waals surface area contributed by atoms with Crippen LogP contribution in [-0.4, -0.2) is 35.7 Å². The molecule has 1 rings (SSSR count). The Kier molecular flexibility index (Phi) is 6.30. The maximum Gasteiger partial charge on any atom is 0.411 e. The number of aryl methyl sites for hydroxylation is 1. The van der Waals surface area contributed by atoms with Crippen LogP contribution in [0.25, 0.3) is 0 Å². The van der Waals surface area contributed by atoms with Crippen LogP contribution in [0.5, 0.6) is 0 Å². The fraction of sp³-hybridized carbons (Fsp3) is 0.750. The third kappa shape index (κ3) is 6.58. The largest absolute Gasteiger partial charge is 0.411 e. The molecule has 0 amide bonds. The molecule has 1 heterocycles. The van der Waals surface area contributed by atoms with Gasteiger partial charge in [0.15, 0.2) is 0 Å². The maximum atomic E-state index is 11.9. The predicted molar refractivity (Wildman–Crippen MR) is 65.8 cm³/mol. The topological polar surface area (TPSA) is 39.1 Å². The van der Waals surface area contributed by atoms with Crippen LogP contribution in [0, 0.1) is 6.92 Å². The van der Waals surface area contributed by atoms with Crippen LogP contribution in [0.3, 0.4) is 0 Å². The number of nitrogens with one attached hydrogen (secondary N) is 1. The summed E-state index contributed by atoms with van der Waals surface area (Å²) in [7, 11) is 0. The van der Waals surface area contributed by atoms with E-state index in [9.17, 15) is 13.2 Å². The number of halogens is 3. The Labute approximate surface area is 110 Å². The summed E-state index contributed by atoms with van der Waals surface area (Å²) in [6.07, 6.45) is -1.37. The standard InChI is InChI=1S/C12H20F3N3O/c1-3-4-16-7-11-8-18(17-10(11)2)5-6-19-9-12(13,14)15/h8,16H,3-7,9H2,1-2H3. The smallest absolute Gasteiger partial charge is 0.370 e. The van der Waals surface area contributed by atoms with E-state index in [2.05, 4.69) is 22.1 Å². The lowest BCUT2D eigenvalue weighted by atomic mass is 10.2. The highest BCUT2D eigenvalue weighted by Gasteiger charge is 2.27. The monoisotopic (exact) mass is 279 g/mol. The average molecular weight is 279 g/mol. The Morgan fingerprint density at radius 1 is 1.42 bits per heavy atom. The number of hydrogen-bond donors (Lipinski definition) is 1. The minimum Gasteiger partial charge on any atom is -0.370 e. The molecule has 1 N–H and O–H groups in total. The zero-order chi connectivity index (χ0) is 14.3. The molecule has 0 unspecified atom stereocenters. The first-order valence-electron chi connectivity index (χ1n) is 6.30. The van der Waals surface area contributed by atoms with E-state index in [1.807, 2.05) is 13.1 Å². The Bertz CT molecular complexity index is 377. The van der Waals surface area contributed by atoms with Crippen molar-refractivity contribution in [3.63, 3.8) is 0 Å². The van der Waals surface area contributed by atoms with Gasteiger partial charge in [0.2, 0.25) is 0 Å². The number of alkyl halides is 3. The number of aromatic nitrogens is 2. The number of ether oxygens (including phenoxy) is 1. The third-order valence-electron chi connectivity index (χ3n) is 2.52. The van der Waals surface area contributed by atoms with E-state index in [0.29, 0.717) is 6.54 Å². The predicted octanol–water partition coefficient (Wildman–Crippen LogP) is 2.27. The maximum absolute atomic E-state index is 11.9. The Hall–Kier alpha value is -1.08. The first-order valence-corrected chi connectivity index (χ1v) is 6.30. The number of hydrogen-bond acceptors (Lipinski definition) is 3. The van der Waals surface area contributed by atoms with Crippen LogP contribution in [0.4, 0.5) is 13.2 Å². The van der Waals surface area contributed by atoms with Gasteiger partial charge in [-0.15, -0.1) is 0 Å². The molecule has 0 atom stereocenters. The van der Waals surface area contributed by atoms with Crippen LogP contribution in [-0.2, 0) is 17.8 Å². The van der Waals surface area contributed by atoms with Gasteiger partial charge in [0.1, 0.15) is 6.61 Å². The van der Waals surface area contributed by atoms with Crippen molar-refractivity contribution in [3.8, 4) is 0 Å². The molecule has 0 saturated carbocycles. The molecule has 0 saturated heterocycles. The number of nitrogens with zero attached hydrogens (tertiary/aromatic N) is 2. The van der Waals surface area contributed by atoms with Gasteiger partial charge in [0.05, 0.1) is 18.8 Å². The molecule has 0 aliphatic rings. The summed E-state index contributed by atoms with van der Waals surface area (Å²) in [6, 6.07) is 0. The van der Waals surface area contributed by atoms with Gasteiger partial charge in [-0.2, -0.15) is 18.3 Å². The van der Waals surface area contributed by atoms with Crippen molar-refractivity contribution in [3.05, 3.63) is 17.5 Å². The van der Waals surface area contributed by atoms with Crippen molar-refractivity contribution < 1.29 is 17.9 Å². The van der Waals surface area contributed by atoms with Gasteiger partial charge in [0.25, 0.3) is 0 Å². The average Bonchev–Trinajstić information content (AvgIpc) is 2.65. The lowest BCUT2D eigenvalue weighted by molar-refractivity contribution is -0.174. The highest BCUT2D eigenvalue weighted by Crippen LogP contribution is 2.14. The second-order valence-corrected chi connectivity index (χ2v) is 4.35. The van der Waals surface area contributed by atoms with Gasteiger partial charge < -0.3 is 10.1 Å². The fourth-order valence-corrected chi connectivity index (χ4v) is 1.59. The molecule has 7 heteroatoms. The molecule has 0 aliphatic heterocycles. The minimum absolute atomic E-state index is 0.00244. The van der Waals surface area contributed by atoms with Crippen molar-refractivity contribution in [2.75, 3.05) is 19.8 Å². The summed E-state index contributed by atoms with van der Waals surface area (Å²) >= 11 is 0. The first kappa shape index (κ1) is 16.0. The van der Waals surface area contributed by atoms with E-state index in [-0.39, 0.29) is 6.61 Å². The Balaban J connectivity index is 2.32. The lowest BCUT2D eigenvalue weighted by Crippen LogP contribution is -2.19. The van der Waals surface area contributed by atoms with Gasteiger partial charge in [-0.25, -0.2) is 0 Å². The molecule has 0 aromatic carbocycles. The van der Waals surface area contributed by atoms with Gasteiger partial charge in [-0.3, -0.25) is 4.68 Å². The summed E-state index contributed by atoms with van der Waals surface area (Å²) in [5.41, 5.74) is 1.95. The summed E-state index contributed by atoms with van der Waals surface area (Å²) in [4.78, 5) is 0. The van der Waals surface area contributed by atoms with E-state index in [1.54, 1.807) is 4.68 Å².